The highest BCUT2D eigenvalue weighted by atomic mass is 16.5. The Labute approximate surface area is 141 Å². The van der Waals surface area contributed by atoms with Crippen LogP contribution in [0.5, 0.6) is 5.88 Å². The quantitative estimate of drug-likeness (QED) is 0.926. The van der Waals surface area contributed by atoms with E-state index in [1.54, 1.807) is 0 Å². The molecule has 1 unspecified atom stereocenters. The topological polar surface area (TPSA) is 84.0 Å². The van der Waals surface area contributed by atoms with Gasteiger partial charge in [0.1, 0.15) is 6.33 Å². The van der Waals surface area contributed by atoms with Crippen LogP contribution in [0.4, 0.5) is 0 Å². The first-order valence-corrected chi connectivity index (χ1v) is 8.28. The molecule has 24 heavy (non-hydrogen) atoms. The van der Waals surface area contributed by atoms with Crippen LogP contribution in [-0.4, -0.2) is 44.1 Å². The van der Waals surface area contributed by atoms with E-state index in [0.29, 0.717) is 25.6 Å². The minimum atomic E-state index is -0.231. The van der Waals surface area contributed by atoms with Gasteiger partial charge >= 0.3 is 0 Å². The van der Waals surface area contributed by atoms with Crippen LogP contribution in [0.25, 0.3) is 0 Å². The van der Waals surface area contributed by atoms with Crippen LogP contribution in [0.2, 0.25) is 0 Å². The molecule has 7 nitrogen and oxygen atoms in total. The van der Waals surface area contributed by atoms with Crippen molar-refractivity contribution in [2.45, 2.75) is 46.6 Å². The Hall–Kier alpha value is -2.44. The molecule has 1 aliphatic heterocycles. The third kappa shape index (κ3) is 2.86. The van der Waals surface area contributed by atoms with E-state index in [1.165, 1.54) is 6.33 Å². The van der Waals surface area contributed by atoms with Crippen molar-refractivity contribution in [1.82, 2.24) is 25.1 Å². The molecule has 1 N–H and O–H groups in total. The van der Waals surface area contributed by atoms with Gasteiger partial charge in [-0.2, -0.15) is 5.10 Å². The number of nitrogens with zero attached hydrogens (tertiary/aromatic N) is 4. The zero-order chi connectivity index (χ0) is 17.3. The molecule has 0 saturated heterocycles. The molecule has 0 spiro atoms. The second-order valence-corrected chi connectivity index (χ2v) is 6.12. The van der Waals surface area contributed by atoms with Crippen LogP contribution in [0.15, 0.2) is 6.33 Å². The molecule has 0 aliphatic carbocycles. The number of H-pyrrole nitrogens is 1. The molecule has 0 radical (unpaired) electrons. The average Bonchev–Trinajstić information content (AvgIpc) is 2.92. The lowest BCUT2D eigenvalue weighted by Crippen LogP contribution is -2.39. The van der Waals surface area contributed by atoms with Crippen molar-refractivity contribution in [3.8, 4) is 5.88 Å². The number of rotatable bonds is 4. The number of nitrogens with one attached hydrogen (secondary N) is 1. The molecular formula is C17H23N5O2. The van der Waals surface area contributed by atoms with E-state index in [4.69, 9.17) is 4.74 Å². The number of aryl methyl sites for hydroxylation is 2. The summed E-state index contributed by atoms with van der Waals surface area (Å²) in [6.45, 7) is 9.43. The van der Waals surface area contributed by atoms with Gasteiger partial charge in [0, 0.05) is 24.2 Å². The lowest BCUT2D eigenvalue weighted by atomic mass is 9.96. The molecular weight excluding hydrogens is 306 g/mol. The second-order valence-electron chi connectivity index (χ2n) is 6.12. The van der Waals surface area contributed by atoms with Crippen LogP contribution in [0.1, 0.15) is 48.0 Å². The number of hydrogen-bond donors (Lipinski definition) is 1. The summed E-state index contributed by atoms with van der Waals surface area (Å²) in [6.07, 6.45) is 2.25. The second kappa shape index (κ2) is 6.59. The van der Waals surface area contributed by atoms with Crippen LogP contribution in [-0.2, 0) is 17.8 Å². The summed E-state index contributed by atoms with van der Waals surface area (Å²) in [5.74, 6) is 0.452. The maximum absolute atomic E-state index is 13.0. The number of fused-ring (bicyclic) bond motifs is 1. The summed E-state index contributed by atoms with van der Waals surface area (Å²) in [6, 6.07) is 0. The third-order valence-electron chi connectivity index (χ3n) is 4.54. The SMILES string of the molecule is CCOc1ncnc2c1CN(C(=O)C(C)c1c(C)n[nH]c1C)CC2. The Kier molecular flexibility index (Phi) is 4.51. The van der Waals surface area contributed by atoms with Gasteiger partial charge in [0.25, 0.3) is 0 Å². The van der Waals surface area contributed by atoms with E-state index in [1.807, 2.05) is 32.6 Å². The number of hydrogen-bond acceptors (Lipinski definition) is 5. The van der Waals surface area contributed by atoms with Gasteiger partial charge in [-0.1, -0.05) is 0 Å². The van der Waals surface area contributed by atoms with Gasteiger partial charge in [0.05, 0.1) is 36.0 Å². The molecule has 3 rings (SSSR count). The number of aromatic nitrogens is 4. The first-order valence-electron chi connectivity index (χ1n) is 8.28. The van der Waals surface area contributed by atoms with E-state index in [0.717, 1.165) is 34.6 Å². The Morgan fingerprint density at radius 2 is 2.21 bits per heavy atom. The van der Waals surface area contributed by atoms with Crippen molar-refractivity contribution in [2.24, 2.45) is 0 Å². The van der Waals surface area contributed by atoms with E-state index >= 15 is 0 Å². The number of aromatic amines is 1. The van der Waals surface area contributed by atoms with Crippen molar-refractivity contribution in [3.63, 3.8) is 0 Å². The molecule has 0 aromatic carbocycles. The molecule has 0 bridgehead atoms. The molecule has 1 amide bonds. The highest BCUT2D eigenvalue weighted by Gasteiger charge is 2.30. The summed E-state index contributed by atoms with van der Waals surface area (Å²) < 4.78 is 5.60. The van der Waals surface area contributed by atoms with Crippen molar-refractivity contribution in [2.75, 3.05) is 13.2 Å². The van der Waals surface area contributed by atoms with E-state index in [2.05, 4.69) is 20.2 Å². The number of carbonyl (C=O) groups excluding carboxylic acids is 1. The summed E-state index contributed by atoms with van der Waals surface area (Å²) in [5, 5.41) is 7.16. The number of amides is 1. The van der Waals surface area contributed by atoms with Crippen molar-refractivity contribution < 1.29 is 9.53 Å². The zero-order valence-corrected chi connectivity index (χ0v) is 14.6. The van der Waals surface area contributed by atoms with Crippen molar-refractivity contribution >= 4 is 5.91 Å². The molecule has 2 aromatic heterocycles. The highest BCUT2D eigenvalue weighted by molar-refractivity contribution is 5.84. The standard InChI is InChI=1S/C17H23N5O2/c1-5-24-16-13-8-22(7-6-14(13)18-9-19-16)17(23)10(2)15-11(3)20-21-12(15)4/h9-10H,5-8H2,1-4H3,(H,20,21). The Morgan fingerprint density at radius 3 is 2.88 bits per heavy atom. The fraction of sp³-hybridized carbons (Fsp3) is 0.529. The molecule has 1 atom stereocenters. The van der Waals surface area contributed by atoms with Gasteiger partial charge < -0.3 is 9.64 Å². The highest BCUT2D eigenvalue weighted by Crippen LogP contribution is 2.29. The normalized spacial score (nSPS) is 15.1. The van der Waals surface area contributed by atoms with Gasteiger partial charge in [-0.3, -0.25) is 9.89 Å². The predicted octanol–water partition coefficient (Wildman–Crippen LogP) is 1.90. The van der Waals surface area contributed by atoms with Gasteiger partial charge in [-0.05, 0) is 27.7 Å². The maximum Gasteiger partial charge on any atom is 0.230 e. The van der Waals surface area contributed by atoms with Crippen molar-refractivity contribution in [1.29, 1.82) is 0 Å². The van der Waals surface area contributed by atoms with Crippen LogP contribution < -0.4 is 4.74 Å². The molecule has 2 aromatic rings. The number of ether oxygens (including phenoxy) is 1. The Morgan fingerprint density at radius 1 is 1.42 bits per heavy atom. The molecule has 1 aliphatic rings. The Bertz CT molecular complexity index is 736. The van der Waals surface area contributed by atoms with Crippen LogP contribution in [0, 0.1) is 13.8 Å². The lowest BCUT2D eigenvalue weighted by molar-refractivity contribution is -0.133. The van der Waals surface area contributed by atoms with E-state index in [-0.39, 0.29) is 11.8 Å². The van der Waals surface area contributed by atoms with E-state index < -0.39 is 0 Å². The number of carbonyl (C=O) groups is 1. The molecule has 7 heteroatoms. The van der Waals surface area contributed by atoms with Crippen molar-refractivity contribution in [3.05, 3.63) is 34.5 Å². The van der Waals surface area contributed by atoms with Gasteiger partial charge in [0.2, 0.25) is 11.8 Å². The zero-order valence-electron chi connectivity index (χ0n) is 14.6. The fourth-order valence-corrected chi connectivity index (χ4v) is 3.36. The summed E-state index contributed by atoms with van der Waals surface area (Å²) in [5.41, 5.74) is 4.71. The molecule has 0 fully saturated rings. The van der Waals surface area contributed by atoms with Crippen LogP contribution >= 0.6 is 0 Å². The summed E-state index contributed by atoms with van der Waals surface area (Å²) in [4.78, 5) is 23.4. The maximum atomic E-state index is 13.0. The fourth-order valence-electron chi connectivity index (χ4n) is 3.36. The monoisotopic (exact) mass is 329 g/mol. The first-order chi connectivity index (χ1) is 11.5. The van der Waals surface area contributed by atoms with Gasteiger partial charge in [-0.15, -0.1) is 0 Å². The average molecular weight is 329 g/mol. The largest absolute Gasteiger partial charge is 0.478 e. The molecule has 128 valence electrons. The predicted molar refractivity (Wildman–Crippen MR) is 88.8 cm³/mol. The van der Waals surface area contributed by atoms with Crippen LogP contribution in [0.3, 0.4) is 0 Å². The molecule has 3 heterocycles. The van der Waals surface area contributed by atoms with Gasteiger partial charge in [0.15, 0.2) is 0 Å². The molecule has 0 saturated carbocycles. The van der Waals surface area contributed by atoms with Gasteiger partial charge in [-0.25, -0.2) is 9.97 Å². The summed E-state index contributed by atoms with van der Waals surface area (Å²) >= 11 is 0. The minimum absolute atomic E-state index is 0.0968. The first kappa shape index (κ1) is 16.4. The Balaban J connectivity index is 1.83. The smallest absolute Gasteiger partial charge is 0.230 e. The van der Waals surface area contributed by atoms with E-state index in [9.17, 15) is 4.79 Å². The lowest BCUT2D eigenvalue weighted by Gasteiger charge is -2.31. The third-order valence-corrected chi connectivity index (χ3v) is 4.54. The summed E-state index contributed by atoms with van der Waals surface area (Å²) in [7, 11) is 0. The minimum Gasteiger partial charge on any atom is -0.478 e.